The van der Waals surface area contributed by atoms with Gasteiger partial charge in [0.05, 0.1) is 0 Å². The van der Waals surface area contributed by atoms with Crippen LogP contribution < -0.4 is 0 Å². The number of carbonyl (C=O) groups excluding carboxylic acids is 2. The zero-order valence-corrected chi connectivity index (χ0v) is 12.5. The summed E-state index contributed by atoms with van der Waals surface area (Å²) in [7, 11) is 0. The van der Waals surface area contributed by atoms with E-state index in [0.717, 1.165) is 11.1 Å². The summed E-state index contributed by atoms with van der Waals surface area (Å²) in [6, 6.07) is 0. The van der Waals surface area contributed by atoms with Gasteiger partial charge < -0.3 is 9.80 Å². The van der Waals surface area contributed by atoms with Crippen LogP contribution in [0.25, 0.3) is 0 Å². The molecule has 0 aromatic carbocycles. The van der Waals surface area contributed by atoms with Crippen LogP contribution in [0.2, 0.25) is 0 Å². The third-order valence-corrected chi connectivity index (χ3v) is 2.85. The first-order valence-electron chi connectivity index (χ1n) is 6.42. The second-order valence-corrected chi connectivity index (χ2v) is 4.58. The van der Waals surface area contributed by atoms with E-state index in [1.165, 1.54) is 13.8 Å². The van der Waals surface area contributed by atoms with E-state index in [9.17, 15) is 9.59 Å². The predicted molar refractivity (Wildman–Crippen MR) is 83.2 cm³/mol. The van der Waals surface area contributed by atoms with E-state index < -0.39 is 0 Å². The van der Waals surface area contributed by atoms with Crippen molar-refractivity contribution >= 4 is 11.8 Å². The van der Waals surface area contributed by atoms with Gasteiger partial charge in [0, 0.05) is 40.0 Å². The Bertz CT molecular complexity index is 384. The van der Waals surface area contributed by atoms with E-state index in [2.05, 4.69) is 26.3 Å². The summed E-state index contributed by atoms with van der Waals surface area (Å²) < 4.78 is 0. The molecule has 4 heteroatoms. The second kappa shape index (κ2) is 8.91. The minimum atomic E-state index is -0.0478. The van der Waals surface area contributed by atoms with Gasteiger partial charge in [0.25, 0.3) is 0 Å². The van der Waals surface area contributed by atoms with Gasteiger partial charge in [0.15, 0.2) is 0 Å². The van der Waals surface area contributed by atoms with E-state index in [-0.39, 0.29) is 11.8 Å². The topological polar surface area (TPSA) is 40.6 Å². The average molecular weight is 276 g/mol. The Kier molecular flexibility index (Phi) is 7.97. The molecule has 0 rings (SSSR count). The second-order valence-electron chi connectivity index (χ2n) is 4.58. The zero-order valence-electron chi connectivity index (χ0n) is 12.5. The van der Waals surface area contributed by atoms with Crippen LogP contribution in [0.3, 0.4) is 0 Å². The molecule has 110 valence electrons. The monoisotopic (exact) mass is 276 g/mol. The van der Waals surface area contributed by atoms with E-state index in [4.69, 9.17) is 0 Å². The van der Waals surface area contributed by atoms with Gasteiger partial charge in [-0.1, -0.05) is 25.3 Å². The third kappa shape index (κ3) is 6.18. The summed E-state index contributed by atoms with van der Waals surface area (Å²) >= 11 is 0. The van der Waals surface area contributed by atoms with Gasteiger partial charge in [-0.3, -0.25) is 9.59 Å². The lowest BCUT2D eigenvalue weighted by molar-refractivity contribution is -0.129. The van der Waals surface area contributed by atoms with Crippen LogP contribution >= 0.6 is 0 Å². The fourth-order valence-electron chi connectivity index (χ4n) is 1.60. The SMILES string of the molecule is C=CCN(CC(=C)C(=C)CN(CC=C)C(C)=O)C(C)=O. The molecular weight excluding hydrogens is 252 g/mol. The normalized spacial score (nSPS) is 9.50. The third-order valence-electron chi connectivity index (χ3n) is 2.85. The Morgan fingerprint density at radius 3 is 1.35 bits per heavy atom. The van der Waals surface area contributed by atoms with E-state index >= 15 is 0 Å². The highest BCUT2D eigenvalue weighted by atomic mass is 16.2. The molecule has 0 radical (unpaired) electrons. The molecule has 0 bridgehead atoms. The van der Waals surface area contributed by atoms with Crippen LogP contribution in [0.1, 0.15) is 13.8 Å². The molecular formula is C16H24N2O2. The van der Waals surface area contributed by atoms with Crippen LogP contribution in [0, 0.1) is 0 Å². The number of hydrogen-bond acceptors (Lipinski definition) is 2. The summed E-state index contributed by atoms with van der Waals surface area (Å²) in [5.41, 5.74) is 1.47. The summed E-state index contributed by atoms with van der Waals surface area (Å²) in [4.78, 5) is 26.1. The maximum atomic E-state index is 11.5. The van der Waals surface area contributed by atoms with Crippen molar-refractivity contribution in [3.05, 3.63) is 49.6 Å². The number of carbonyl (C=O) groups is 2. The first-order chi connectivity index (χ1) is 9.33. The van der Waals surface area contributed by atoms with Crippen LogP contribution in [0.4, 0.5) is 0 Å². The van der Waals surface area contributed by atoms with E-state index in [1.807, 2.05) is 0 Å². The first-order valence-corrected chi connectivity index (χ1v) is 6.42. The minimum Gasteiger partial charge on any atom is -0.335 e. The van der Waals surface area contributed by atoms with Gasteiger partial charge in [-0.2, -0.15) is 0 Å². The molecule has 0 fully saturated rings. The molecule has 0 aliphatic rings. The molecule has 0 aliphatic carbocycles. The van der Waals surface area contributed by atoms with Crippen molar-refractivity contribution in [1.82, 2.24) is 9.80 Å². The standard InChI is InChI=1S/C16H24N2O2/c1-7-9-17(15(5)19)11-13(3)14(4)12-18(10-8-2)16(6)20/h7-8H,1-4,9-12H2,5-6H3. The number of hydrogen-bond donors (Lipinski definition) is 0. The van der Waals surface area contributed by atoms with Gasteiger partial charge in [0.2, 0.25) is 11.8 Å². The highest BCUT2D eigenvalue weighted by Crippen LogP contribution is 2.10. The lowest BCUT2D eigenvalue weighted by Gasteiger charge is -2.25. The molecule has 0 atom stereocenters. The Labute approximate surface area is 121 Å². The van der Waals surface area contributed by atoms with Crippen LogP contribution in [-0.4, -0.2) is 47.8 Å². The molecule has 20 heavy (non-hydrogen) atoms. The van der Waals surface area contributed by atoms with Crippen molar-refractivity contribution in [3.8, 4) is 0 Å². The zero-order chi connectivity index (χ0) is 15.7. The smallest absolute Gasteiger partial charge is 0.220 e. The average Bonchev–Trinajstić information content (AvgIpc) is 2.36. The molecule has 4 nitrogen and oxygen atoms in total. The summed E-state index contributed by atoms with van der Waals surface area (Å²) in [5, 5.41) is 0. The van der Waals surface area contributed by atoms with E-state index in [0.29, 0.717) is 26.2 Å². The molecule has 0 N–H and O–H groups in total. The number of amides is 2. The predicted octanol–water partition coefficient (Wildman–Crippen LogP) is 2.17. The van der Waals surface area contributed by atoms with Crippen molar-refractivity contribution in [1.29, 1.82) is 0 Å². The maximum absolute atomic E-state index is 11.5. The van der Waals surface area contributed by atoms with Crippen molar-refractivity contribution in [3.63, 3.8) is 0 Å². The van der Waals surface area contributed by atoms with Gasteiger partial charge in [-0.05, 0) is 11.1 Å². The minimum absolute atomic E-state index is 0.0478. The molecule has 0 saturated heterocycles. The van der Waals surface area contributed by atoms with Gasteiger partial charge in [0.1, 0.15) is 0 Å². The fraction of sp³-hybridized carbons (Fsp3) is 0.375. The molecule has 0 spiro atoms. The van der Waals surface area contributed by atoms with Crippen LogP contribution in [0.5, 0.6) is 0 Å². The van der Waals surface area contributed by atoms with Gasteiger partial charge in [-0.25, -0.2) is 0 Å². The van der Waals surface area contributed by atoms with Gasteiger partial charge in [-0.15, -0.1) is 13.2 Å². The maximum Gasteiger partial charge on any atom is 0.220 e. The summed E-state index contributed by atoms with van der Waals surface area (Å²) in [6.07, 6.45) is 3.33. The highest BCUT2D eigenvalue weighted by Gasteiger charge is 2.13. The molecule has 0 aromatic rings. The molecule has 0 heterocycles. The van der Waals surface area contributed by atoms with Crippen molar-refractivity contribution in [2.75, 3.05) is 26.2 Å². The largest absolute Gasteiger partial charge is 0.335 e. The highest BCUT2D eigenvalue weighted by molar-refractivity contribution is 5.74. The van der Waals surface area contributed by atoms with E-state index in [1.54, 1.807) is 22.0 Å². The fourth-order valence-corrected chi connectivity index (χ4v) is 1.60. The summed E-state index contributed by atoms with van der Waals surface area (Å²) in [6.45, 7) is 19.8. The number of rotatable bonds is 9. The van der Waals surface area contributed by atoms with Crippen LogP contribution in [-0.2, 0) is 9.59 Å². The molecule has 0 unspecified atom stereocenters. The Morgan fingerprint density at radius 1 is 0.850 bits per heavy atom. The Morgan fingerprint density at radius 2 is 1.15 bits per heavy atom. The molecule has 2 amide bonds. The quantitative estimate of drug-likeness (QED) is 0.478. The lowest BCUT2D eigenvalue weighted by Crippen LogP contribution is -2.34. The Balaban J connectivity index is 4.64. The molecule has 0 saturated carbocycles. The first kappa shape index (κ1) is 17.9. The molecule has 0 aliphatic heterocycles. The van der Waals surface area contributed by atoms with Crippen molar-refractivity contribution in [2.45, 2.75) is 13.8 Å². The van der Waals surface area contributed by atoms with Crippen molar-refractivity contribution in [2.24, 2.45) is 0 Å². The molecule has 0 aromatic heterocycles. The Hall–Kier alpha value is -2.10. The van der Waals surface area contributed by atoms with Crippen LogP contribution in [0.15, 0.2) is 49.6 Å². The number of nitrogens with zero attached hydrogens (tertiary/aromatic N) is 2. The summed E-state index contributed by atoms with van der Waals surface area (Å²) in [5.74, 6) is -0.0956. The van der Waals surface area contributed by atoms with Crippen molar-refractivity contribution < 1.29 is 9.59 Å². The van der Waals surface area contributed by atoms with Gasteiger partial charge >= 0.3 is 0 Å². The lowest BCUT2D eigenvalue weighted by atomic mass is 10.1.